The average molecular weight is 298 g/mol. The Morgan fingerprint density at radius 2 is 1.95 bits per heavy atom. The standard InChI is InChI=1S/C14H22N2O3S/c1-5-10(3)16-14(17)11(4)20(18,19)13-8-12(15)7-6-9(13)2/h6-8,10-11H,5,15H2,1-4H3,(H,16,17). The molecular formula is C14H22N2O3S. The molecule has 1 rings (SSSR count). The number of rotatable bonds is 5. The molecule has 0 radical (unpaired) electrons. The van der Waals surface area contributed by atoms with Crippen LogP contribution >= 0.6 is 0 Å². The summed E-state index contributed by atoms with van der Waals surface area (Å²) in [5.74, 6) is -0.485. The van der Waals surface area contributed by atoms with Crippen molar-refractivity contribution >= 4 is 21.4 Å². The molecule has 0 spiro atoms. The summed E-state index contributed by atoms with van der Waals surface area (Å²) in [7, 11) is -3.74. The lowest BCUT2D eigenvalue weighted by molar-refractivity contribution is -0.121. The number of hydrogen-bond acceptors (Lipinski definition) is 4. The third kappa shape index (κ3) is 3.50. The highest BCUT2D eigenvalue weighted by Crippen LogP contribution is 2.23. The van der Waals surface area contributed by atoms with Crippen molar-refractivity contribution in [3.63, 3.8) is 0 Å². The molecule has 1 amide bonds. The second kappa shape index (κ2) is 6.26. The molecule has 1 aromatic carbocycles. The van der Waals surface area contributed by atoms with E-state index >= 15 is 0 Å². The maximum absolute atomic E-state index is 12.5. The van der Waals surface area contributed by atoms with Crippen LogP contribution in [0.15, 0.2) is 23.1 Å². The summed E-state index contributed by atoms with van der Waals surface area (Å²) >= 11 is 0. The fourth-order valence-corrected chi connectivity index (χ4v) is 3.26. The lowest BCUT2D eigenvalue weighted by Gasteiger charge is -2.18. The summed E-state index contributed by atoms with van der Waals surface area (Å²) in [6, 6.07) is 4.62. The monoisotopic (exact) mass is 298 g/mol. The largest absolute Gasteiger partial charge is 0.399 e. The van der Waals surface area contributed by atoms with Gasteiger partial charge in [-0.15, -0.1) is 0 Å². The number of anilines is 1. The van der Waals surface area contributed by atoms with Gasteiger partial charge in [-0.05, 0) is 44.9 Å². The Morgan fingerprint density at radius 3 is 2.50 bits per heavy atom. The molecule has 0 heterocycles. The predicted molar refractivity (Wildman–Crippen MR) is 80.1 cm³/mol. The second-order valence-electron chi connectivity index (χ2n) is 5.03. The molecular weight excluding hydrogens is 276 g/mol. The van der Waals surface area contributed by atoms with E-state index in [-0.39, 0.29) is 10.9 Å². The highest BCUT2D eigenvalue weighted by atomic mass is 32.2. The number of nitrogens with one attached hydrogen (secondary N) is 1. The Balaban J connectivity index is 3.10. The summed E-state index contributed by atoms with van der Waals surface area (Å²) in [6.45, 7) is 6.84. The van der Waals surface area contributed by atoms with E-state index in [1.165, 1.54) is 13.0 Å². The molecule has 6 heteroatoms. The van der Waals surface area contributed by atoms with E-state index in [0.717, 1.165) is 6.42 Å². The van der Waals surface area contributed by atoms with Crippen LogP contribution < -0.4 is 11.1 Å². The molecule has 0 aliphatic heterocycles. The van der Waals surface area contributed by atoms with Gasteiger partial charge in [0.25, 0.3) is 0 Å². The van der Waals surface area contributed by atoms with Crippen LogP contribution in [0.2, 0.25) is 0 Å². The van der Waals surface area contributed by atoms with Crippen molar-refractivity contribution in [2.24, 2.45) is 0 Å². The van der Waals surface area contributed by atoms with Crippen LogP contribution in [0.25, 0.3) is 0 Å². The molecule has 0 saturated heterocycles. The van der Waals surface area contributed by atoms with Crippen molar-refractivity contribution < 1.29 is 13.2 Å². The number of hydrogen-bond donors (Lipinski definition) is 2. The van der Waals surface area contributed by atoms with Crippen LogP contribution in [-0.2, 0) is 14.6 Å². The minimum Gasteiger partial charge on any atom is -0.399 e. The number of nitrogens with two attached hydrogens (primary N) is 1. The maximum atomic E-state index is 12.5. The van der Waals surface area contributed by atoms with Crippen molar-refractivity contribution in [2.75, 3.05) is 5.73 Å². The molecule has 2 atom stereocenters. The Morgan fingerprint density at radius 1 is 1.35 bits per heavy atom. The molecule has 0 aliphatic carbocycles. The summed E-state index contributed by atoms with van der Waals surface area (Å²) in [5, 5.41) is 1.55. The molecule has 0 bridgehead atoms. The molecule has 20 heavy (non-hydrogen) atoms. The first-order valence-corrected chi connectivity index (χ1v) is 8.15. The summed E-state index contributed by atoms with van der Waals surface area (Å²) < 4.78 is 25.0. The van der Waals surface area contributed by atoms with Crippen LogP contribution in [0.5, 0.6) is 0 Å². The summed E-state index contributed by atoms with van der Waals surface area (Å²) in [4.78, 5) is 12.1. The molecule has 3 N–H and O–H groups in total. The van der Waals surface area contributed by atoms with Crippen molar-refractivity contribution in [1.82, 2.24) is 5.32 Å². The topological polar surface area (TPSA) is 89.3 Å². The van der Waals surface area contributed by atoms with Gasteiger partial charge in [-0.2, -0.15) is 0 Å². The van der Waals surface area contributed by atoms with Gasteiger partial charge in [-0.3, -0.25) is 4.79 Å². The first kappa shape index (κ1) is 16.5. The SMILES string of the molecule is CCC(C)NC(=O)C(C)S(=O)(=O)c1cc(N)ccc1C. The first-order chi connectivity index (χ1) is 9.20. The van der Waals surface area contributed by atoms with Gasteiger partial charge in [0.05, 0.1) is 4.90 Å². The Bertz CT molecular complexity index is 596. The number of benzene rings is 1. The van der Waals surface area contributed by atoms with Gasteiger partial charge in [-0.1, -0.05) is 13.0 Å². The van der Waals surface area contributed by atoms with E-state index in [1.807, 2.05) is 13.8 Å². The molecule has 2 unspecified atom stereocenters. The van der Waals surface area contributed by atoms with E-state index < -0.39 is 21.0 Å². The maximum Gasteiger partial charge on any atom is 0.238 e. The number of nitrogen functional groups attached to an aromatic ring is 1. The van der Waals surface area contributed by atoms with Crippen LogP contribution in [-0.4, -0.2) is 25.6 Å². The Kier molecular flexibility index (Phi) is 5.16. The molecule has 0 fully saturated rings. The second-order valence-corrected chi connectivity index (χ2v) is 7.27. The van der Waals surface area contributed by atoms with Crippen LogP contribution in [0.4, 0.5) is 5.69 Å². The molecule has 0 saturated carbocycles. The van der Waals surface area contributed by atoms with E-state index in [4.69, 9.17) is 5.73 Å². The quantitative estimate of drug-likeness (QED) is 0.809. The third-order valence-corrected chi connectivity index (χ3v) is 5.55. The van der Waals surface area contributed by atoms with Gasteiger partial charge in [0.1, 0.15) is 5.25 Å². The number of amides is 1. The van der Waals surface area contributed by atoms with E-state index in [1.54, 1.807) is 19.1 Å². The highest BCUT2D eigenvalue weighted by Gasteiger charge is 2.31. The highest BCUT2D eigenvalue weighted by molar-refractivity contribution is 7.92. The third-order valence-electron chi connectivity index (χ3n) is 3.35. The minimum absolute atomic E-state index is 0.0536. The van der Waals surface area contributed by atoms with Gasteiger partial charge in [-0.25, -0.2) is 8.42 Å². The number of sulfone groups is 1. The molecule has 112 valence electrons. The zero-order valence-electron chi connectivity index (χ0n) is 12.3. The zero-order chi connectivity index (χ0) is 15.5. The van der Waals surface area contributed by atoms with Crippen molar-refractivity contribution in [2.45, 2.75) is 50.3 Å². The van der Waals surface area contributed by atoms with Gasteiger partial charge in [0, 0.05) is 11.7 Å². The normalized spacial score (nSPS) is 14.6. The van der Waals surface area contributed by atoms with Gasteiger partial charge < -0.3 is 11.1 Å². The molecule has 5 nitrogen and oxygen atoms in total. The molecule has 0 aliphatic rings. The van der Waals surface area contributed by atoms with Crippen molar-refractivity contribution in [3.8, 4) is 0 Å². The summed E-state index contributed by atoms with van der Waals surface area (Å²) in [6.07, 6.45) is 0.746. The van der Waals surface area contributed by atoms with Crippen molar-refractivity contribution in [3.05, 3.63) is 23.8 Å². The van der Waals surface area contributed by atoms with Crippen LogP contribution in [0.1, 0.15) is 32.8 Å². The average Bonchev–Trinajstić information content (AvgIpc) is 2.40. The van der Waals surface area contributed by atoms with Gasteiger partial charge in [0.15, 0.2) is 9.84 Å². The van der Waals surface area contributed by atoms with E-state index in [0.29, 0.717) is 11.3 Å². The van der Waals surface area contributed by atoms with E-state index in [2.05, 4.69) is 5.32 Å². The van der Waals surface area contributed by atoms with Gasteiger partial charge in [0.2, 0.25) is 5.91 Å². The number of carbonyl (C=O) groups excluding carboxylic acids is 1. The molecule has 0 aromatic heterocycles. The van der Waals surface area contributed by atoms with Crippen LogP contribution in [0, 0.1) is 6.92 Å². The number of aryl methyl sites for hydroxylation is 1. The lowest BCUT2D eigenvalue weighted by Crippen LogP contribution is -2.42. The fourth-order valence-electron chi connectivity index (χ4n) is 1.72. The zero-order valence-corrected chi connectivity index (χ0v) is 13.1. The van der Waals surface area contributed by atoms with Crippen LogP contribution in [0.3, 0.4) is 0 Å². The predicted octanol–water partition coefficient (Wildman–Crippen LogP) is 1.65. The first-order valence-electron chi connectivity index (χ1n) is 6.60. The molecule has 1 aromatic rings. The summed E-state index contributed by atoms with van der Waals surface area (Å²) in [5.41, 5.74) is 6.59. The van der Waals surface area contributed by atoms with Gasteiger partial charge >= 0.3 is 0 Å². The van der Waals surface area contributed by atoms with Crippen molar-refractivity contribution in [1.29, 1.82) is 0 Å². The fraction of sp³-hybridized carbons (Fsp3) is 0.500. The Labute approximate surface area is 120 Å². The Hall–Kier alpha value is -1.56. The lowest BCUT2D eigenvalue weighted by atomic mass is 10.2. The number of carbonyl (C=O) groups is 1. The minimum atomic E-state index is -3.74. The smallest absolute Gasteiger partial charge is 0.238 e. The van der Waals surface area contributed by atoms with E-state index in [9.17, 15) is 13.2 Å².